The van der Waals surface area contributed by atoms with Crippen molar-refractivity contribution in [3.8, 4) is 40.0 Å². The van der Waals surface area contributed by atoms with Gasteiger partial charge in [-0.3, -0.25) is 9.59 Å². The number of methoxy groups -OCH3 is 2. The molecular formula is C40H31N3O4S2. The number of aromatic nitrogens is 1. The normalized spacial score (nSPS) is 11.6. The maximum absolute atomic E-state index is 13.5. The maximum Gasteiger partial charge on any atom is 0.237 e. The molecule has 0 saturated carbocycles. The molecule has 1 N–H and O–H groups in total. The molecule has 0 aliphatic rings. The number of allylic oxidation sites excluding steroid dienone is 1. The van der Waals surface area contributed by atoms with Gasteiger partial charge in [-0.15, -0.1) is 11.3 Å². The number of benzene rings is 4. The van der Waals surface area contributed by atoms with Gasteiger partial charge in [-0.05, 0) is 83.8 Å². The fourth-order valence-electron chi connectivity index (χ4n) is 5.36. The molecule has 7 nitrogen and oxygen atoms in total. The molecule has 0 bridgehead atoms. The number of fused-ring (bicyclic) bond motifs is 1. The first-order valence-corrected chi connectivity index (χ1v) is 17.1. The summed E-state index contributed by atoms with van der Waals surface area (Å²) in [7, 11) is 3.16. The Kier molecular flexibility index (Phi) is 10.2. The van der Waals surface area contributed by atoms with E-state index in [1.165, 1.54) is 11.8 Å². The molecule has 2 aromatic heterocycles. The van der Waals surface area contributed by atoms with Gasteiger partial charge in [0, 0.05) is 38.9 Å². The highest BCUT2D eigenvalue weighted by Crippen LogP contribution is 2.41. The number of ether oxygens (including phenoxy) is 2. The lowest BCUT2D eigenvalue weighted by Gasteiger charge is -2.18. The number of nitrogens with zero attached hydrogens (tertiary/aromatic N) is 2. The van der Waals surface area contributed by atoms with Crippen LogP contribution in [-0.2, 0) is 4.79 Å². The third-order valence-corrected chi connectivity index (χ3v) is 9.82. The highest BCUT2D eigenvalue weighted by Gasteiger charge is 2.23. The number of thiophene rings is 1. The molecule has 9 heteroatoms. The summed E-state index contributed by atoms with van der Waals surface area (Å²) in [5.41, 5.74) is 4.28. The fraction of sp³-hybridized carbons (Fsp3) is 0.100. The Bertz CT molecular complexity index is 2220. The van der Waals surface area contributed by atoms with Gasteiger partial charge in [-0.1, -0.05) is 60.3 Å². The van der Waals surface area contributed by atoms with Gasteiger partial charge in [0.1, 0.15) is 22.6 Å². The number of carbonyl (C=O) groups is 2. The number of hydrogen-bond acceptors (Lipinski definition) is 8. The van der Waals surface area contributed by atoms with Crippen LogP contribution >= 0.6 is 23.1 Å². The molecule has 49 heavy (non-hydrogen) atoms. The van der Waals surface area contributed by atoms with E-state index < -0.39 is 5.25 Å². The van der Waals surface area contributed by atoms with Gasteiger partial charge in [0.15, 0.2) is 5.78 Å². The number of pyridine rings is 1. The minimum Gasteiger partial charge on any atom is -0.497 e. The van der Waals surface area contributed by atoms with Crippen LogP contribution in [-0.4, -0.2) is 36.1 Å². The molecule has 0 aliphatic carbocycles. The molecule has 6 rings (SSSR count). The quantitative estimate of drug-likeness (QED) is 0.0826. The number of amides is 1. The molecule has 0 saturated heterocycles. The lowest BCUT2D eigenvalue weighted by atomic mass is 9.96. The summed E-state index contributed by atoms with van der Waals surface area (Å²) in [5.74, 6) is 0.762. The Morgan fingerprint density at radius 2 is 1.69 bits per heavy atom. The molecule has 0 spiro atoms. The number of anilines is 1. The van der Waals surface area contributed by atoms with Crippen molar-refractivity contribution in [2.75, 3.05) is 19.5 Å². The molecule has 242 valence electrons. The van der Waals surface area contributed by atoms with Crippen molar-refractivity contribution in [2.45, 2.75) is 17.2 Å². The van der Waals surface area contributed by atoms with E-state index in [0.29, 0.717) is 50.2 Å². The number of ketones is 1. The molecule has 0 aliphatic heterocycles. The summed E-state index contributed by atoms with van der Waals surface area (Å²) >= 11 is 2.76. The predicted molar refractivity (Wildman–Crippen MR) is 199 cm³/mol. The van der Waals surface area contributed by atoms with Crippen LogP contribution in [0.4, 0.5) is 5.69 Å². The smallest absolute Gasteiger partial charge is 0.237 e. The van der Waals surface area contributed by atoms with E-state index >= 15 is 0 Å². The lowest BCUT2D eigenvalue weighted by Crippen LogP contribution is -2.22. The van der Waals surface area contributed by atoms with Crippen LogP contribution in [0.5, 0.6) is 11.5 Å². The number of rotatable bonds is 11. The van der Waals surface area contributed by atoms with Crippen LogP contribution in [0.25, 0.3) is 39.2 Å². The summed E-state index contributed by atoms with van der Waals surface area (Å²) in [6, 6.07) is 34.4. The van der Waals surface area contributed by atoms with Gasteiger partial charge in [0.25, 0.3) is 0 Å². The van der Waals surface area contributed by atoms with Crippen LogP contribution in [0.15, 0.2) is 120 Å². The summed E-state index contributed by atoms with van der Waals surface area (Å²) in [6.07, 6.45) is 3.33. The van der Waals surface area contributed by atoms with Crippen molar-refractivity contribution in [2.24, 2.45) is 0 Å². The summed E-state index contributed by atoms with van der Waals surface area (Å²) in [4.78, 5) is 32.1. The minimum atomic E-state index is -0.622. The zero-order chi connectivity index (χ0) is 34.3. The predicted octanol–water partition coefficient (Wildman–Crippen LogP) is 9.53. The molecule has 1 amide bonds. The van der Waals surface area contributed by atoms with Crippen LogP contribution in [0.2, 0.25) is 0 Å². The molecule has 6 aromatic rings. The molecule has 0 radical (unpaired) electrons. The molecule has 1 atom stereocenters. The number of nitriles is 1. The number of hydrogen-bond donors (Lipinski definition) is 1. The molecule has 2 heterocycles. The maximum atomic E-state index is 13.5. The molecular weight excluding hydrogens is 651 g/mol. The third-order valence-electron chi connectivity index (χ3n) is 7.90. The van der Waals surface area contributed by atoms with Crippen molar-refractivity contribution in [3.63, 3.8) is 0 Å². The first-order valence-electron chi connectivity index (χ1n) is 15.4. The first kappa shape index (κ1) is 33.2. The standard InChI is InChI=1S/C40H31N3O4S2/c1-25(39(45)42-28-15-13-27(14-16-28)37(44)20-18-30-10-7-21-48-30)49-40-35(24-41)34(33-19-17-29(46-2)22-38(33)47-3)23-36(43-40)32-12-6-9-26-8-4-5-11-31(26)32/h4-23,25H,1-3H3,(H,42,45)/b20-18+/t25-/m1/s1. The van der Waals surface area contributed by atoms with E-state index in [1.807, 2.05) is 78.2 Å². The summed E-state index contributed by atoms with van der Waals surface area (Å²) in [5, 5.41) is 17.3. The number of nitrogens with one attached hydrogen (secondary N) is 1. The second-order valence-electron chi connectivity index (χ2n) is 11.0. The van der Waals surface area contributed by atoms with Crippen molar-refractivity contribution < 1.29 is 19.1 Å². The molecule has 4 aromatic carbocycles. The second-order valence-corrected chi connectivity index (χ2v) is 13.3. The van der Waals surface area contributed by atoms with Crippen molar-refractivity contribution in [1.82, 2.24) is 4.98 Å². The van der Waals surface area contributed by atoms with Gasteiger partial charge in [-0.25, -0.2) is 4.98 Å². The van der Waals surface area contributed by atoms with E-state index in [0.717, 1.165) is 21.2 Å². The lowest BCUT2D eigenvalue weighted by molar-refractivity contribution is -0.115. The van der Waals surface area contributed by atoms with Gasteiger partial charge in [0.05, 0.1) is 30.7 Å². The van der Waals surface area contributed by atoms with Gasteiger partial charge < -0.3 is 14.8 Å². The Morgan fingerprint density at radius 3 is 2.43 bits per heavy atom. The van der Waals surface area contributed by atoms with Crippen LogP contribution in [0.3, 0.4) is 0 Å². The van der Waals surface area contributed by atoms with Crippen LogP contribution in [0, 0.1) is 11.3 Å². The highest BCUT2D eigenvalue weighted by atomic mass is 32.2. The minimum absolute atomic E-state index is 0.124. The van der Waals surface area contributed by atoms with E-state index in [2.05, 4.69) is 11.4 Å². The van der Waals surface area contributed by atoms with E-state index in [1.54, 1.807) is 75.0 Å². The average molecular weight is 682 g/mol. The van der Waals surface area contributed by atoms with E-state index in [9.17, 15) is 14.9 Å². The largest absolute Gasteiger partial charge is 0.497 e. The number of thioether (sulfide) groups is 1. The third kappa shape index (κ3) is 7.41. The Balaban J connectivity index is 1.32. The van der Waals surface area contributed by atoms with Gasteiger partial charge in [-0.2, -0.15) is 5.26 Å². The topological polar surface area (TPSA) is 101 Å². The van der Waals surface area contributed by atoms with Gasteiger partial charge in [0.2, 0.25) is 5.91 Å². The fourth-order valence-corrected chi connectivity index (χ4v) is 6.90. The highest BCUT2D eigenvalue weighted by molar-refractivity contribution is 8.00. The van der Waals surface area contributed by atoms with E-state index in [-0.39, 0.29) is 11.7 Å². The summed E-state index contributed by atoms with van der Waals surface area (Å²) in [6.45, 7) is 1.77. The SMILES string of the molecule is COc1ccc(-c2cc(-c3cccc4ccccc34)nc(S[C@H](C)C(=O)Nc3ccc(C(=O)/C=C/c4cccs4)cc3)c2C#N)c(OC)c1. The van der Waals surface area contributed by atoms with Gasteiger partial charge >= 0.3 is 0 Å². The zero-order valence-corrected chi connectivity index (χ0v) is 28.6. The zero-order valence-electron chi connectivity index (χ0n) is 27.0. The van der Waals surface area contributed by atoms with Crippen LogP contribution in [0.1, 0.15) is 27.7 Å². The van der Waals surface area contributed by atoms with Crippen molar-refractivity contribution in [1.29, 1.82) is 5.26 Å². The number of carbonyl (C=O) groups excluding carboxylic acids is 2. The molecule has 0 fully saturated rings. The van der Waals surface area contributed by atoms with Crippen molar-refractivity contribution >= 4 is 57.3 Å². The Labute approximate surface area is 292 Å². The molecule has 0 unspecified atom stereocenters. The van der Waals surface area contributed by atoms with Crippen LogP contribution < -0.4 is 14.8 Å². The van der Waals surface area contributed by atoms with E-state index in [4.69, 9.17) is 14.5 Å². The monoisotopic (exact) mass is 681 g/mol. The summed E-state index contributed by atoms with van der Waals surface area (Å²) < 4.78 is 11.1. The Morgan fingerprint density at radius 1 is 0.898 bits per heavy atom. The van der Waals surface area contributed by atoms with Crippen molar-refractivity contribution in [3.05, 3.63) is 131 Å². The second kappa shape index (κ2) is 15.0. The Hall–Kier alpha value is -5.69. The average Bonchev–Trinajstić information content (AvgIpc) is 3.67. The first-order chi connectivity index (χ1) is 23.9.